The van der Waals surface area contributed by atoms with E-state index in [-0.39, 0.29) is 16.9 Å². The SMILES string of the molecule is CCC(=O)c1cccn(CCN2CC(C(F)F)C2)c1=O. The van der Waals surface area contributed by atoms with Crippen molar-refractivity contribution in [3.63, 3.8) is 0 Å². The maximum absolute atomic E-state index is 12.3. The maximum atomic E-state index is 12.3. The number of ketones is 1. The lowest BCUT2D eigenvalue weighted by atomic mass is 10.0. The summed E-state index contributed by atoms with van der Waals surface area (Å²) in [6.07, 6.45) is -0.347. The number of hydrogen-bond acceptors (Lipinski definition) is 3. The Bertz CT molecular complexity index is 536. The van der Waals surface area contributed by atoms with Crippen molar-refractivity contribution in [3.8, 4) is 0 Å². The van der Waals surface area contributed by atoms with E-state index in [1.165, 1.54) is 10.6 Å². The fourth-order valence-electron chi connectivity index (χ4n) is 2.32. The monoisotopic (exact) mass is 284 g/mol. The van der Waals surface area contributed by atoms with E-state index in [1.807, 2.05) is 4.90 Å². The Morgan fingerprint density at radius 2 is 2.10 bits per heavy atom. The standard InChI is InChI=1S/C14H18F2N2O2/c1-2-12(19)11-4-3-5-18(14(11)20)7-6-17-8-10(9-17)13(15)16/h3-5,10,13H,2,6-9H2,1H3. The minimum atomic E-state index is -2.26. The van der Waals surface area contributed by atoms with Gasteiger partial charge in [-0.25, -0.2) is 8.78 Å². The van der Waals surface area contributed by atoms with Gasteiger partial charge in [0.1, 0.15) is 0 Å². The molecule has 0 unspecified atom stereocenters. The van der Waals surface area contributed by atoms with Gasteiger partial charge in [0.2, 0.25) is 6.43 Å². The lowest BCUT2D eigenvalue weighted by Gasteiger charge is -2.38. The van der Waals surface area contributed by atoms with Crippen LogP contribution in [0.3, 0.4) is 0 Å². The van der Waals surface area contributed by atoms with Gasteiger partial charge < -0.3 is 9.47 Å². The minimum Gasteiger partial charge on any atom is -0.314 e. The molecule has 1 aromatic rings. The molecular formula is C14H18F2N2O2. The van der Waals surface area contributed by atoms with Crippen LogP contribution in [0.2, 0.25) is 0 Å². The molecule has 1 saturated heterocycles. The van der Waals surface area contributed by atoms with Crippen molar-refractivity contribution in [2.75, 3.05) is 19.6 Å². The van der Waals surface area contributed by atoms with Gasteiger partial charge in [0.25, 0.3) is 5.56 Å². The van der Waals surface area contributed by atoms with Crippen molar-refractivity contribution in [3.05, 3.63) is 34.2 Å². The van der Waals surface area contributed by atoms with Crippen LogP contribution in [0.4, 0.5) is 8.78 Å². The predicted octanol–water partition coefficient (Wildman–Crippen LogP) is 1.64. The molecule has 0 spiro atoms. The molecule has 0 aliphatic carbocycles. The lowest BCUT2D eigenvalue weighted by Crippen LogP contribution is -2.51. The first-order valence-corrected chi connectivity index (χ1v) is 6.76. The molecule has 1 fully saturated rings. The first kappa shape index (κ1) is 14.8. The molecule has 4 nitrogen and oxygen atoms in total. The summed E-state index contributed by atoms with van der Waals surface area (Å²) in [6, 6.07) is 3.20. The highest BCUT2D eigenvalue weighted by atomic mass is 19.3. The number of likely N-dealkylation sites (tertiary alicyclic amines) is 1. The second kappa shape index (κ2) is 6.26. The van der Waals surface area contributed by atoms with Crippen molar-refractivity contribution < 1.29 is 13.6 Å². The molecule has 20 heavy (non-hydrogen) atoms. The third kappa shape index (κ3) is 3.12. The summed E-state index contributed by atoms with van der Waals surface area (Å²) in [6.45, 7) is 3.43. The number of halogens is 2. The van der Waals surface area contributed by atoms with Crippen LogP contribution < -0.4 is 5.56 Å². The van der Waals surface area contributed by atoms with Crippen molar-refractivity contribution in [1.82, 2.24) is 9.47 Å². The number of carbonyl (C=O) groups is 1. The fourth-order valence-corrected chi connectivity index (χ4v) is 2.32. The van der Waals surface area contributed by atoms with Gasteiger partial charge in [-0.1, -0.05) is 6.92 Å². The number of pyridine rings is 1. The number of alkyl halides is 2. The van der Waals surface area contributed by atoms with E-state index in [9.17, 15) is 18.4 Å². The zero-order chi connectivity index (χ0) is 14.7. The average molecular weight is 284 g/mol. The summed E-state index contributed by atoms with van der Waals surface area (Å²) in [5.41, 5.74) is -0.102. The van der Waals surface area contributed by atoms with Crippen molar-refractivity contribution in [2.24, 2.45) is 5.92 Å². The van der Waals surface area contributed by atoms with Crippen LogP contribution in [0.1, 0.15) is 23.7 Å². The maximum Gasteiger partial charge on any atom is 0.261 e. The molecule has 0 radical (unpaired) electrons. The third-order valence-electron chi connectivity index (χ3n) is 3.64. The van der Waals surface area contributed by atoms with Gasteiger partial charge in [0, 0.05) is 44.7 Å². The molecule has 0 bridgehead atoms. The Morgan fingerprint density at radius 3 is 2.70 bits per heavy atom. The molecule has 0 N–H and O–H groups in total. The quantitative estimate of drug-likeness (QED) is 0.746. The molecule has 1 aliphatic rings. The number of Topliss-reactive ketones (excluding diaryl/α,β-unsaturated/α-hetero) is 1. The summed E-state index contributed by atoms with van der Waals surface area (Å²) in [4.78, 5) is 25.6. The molecule has 2 heterocycles. The van der Waals surface area contributed by atoms with Gasteiger partial charge >= 0.3 is 0 Å². The van der Waals surface area contributed by atoms with Crippen LogP contribution in [-0.4, -0.2) is 41.3 Å². The first-order chi connectivity index (χ1) is 9.52. The van der Waals surface area contributed by atoms with E-state index in [2.05, 4.69) is 0 Å². The van der Waals surface area contributed by atoms with E-state index in [0.717, 1.165) is 0 Å². The van der Waals surface area contributed by atoms with Crippen LogP contribution >= 0.6 is 0 Å². The first-order valence-electron chi connectivity index (χ1n) is 6.76. The van der Waals surface area contributed by atoms with Crippen molar-refractivity contribution in [2.45, 2.75) is 26.3 Å². The summed E-state index contributed by atoms with van der Waals surface area (Å²) < 4.78 is 26.2. The van der Waals surface area contributed by atoms with Crippen molar-refractivity contribution in [1.29, 1.82) is 0 Å². The van der Waals surface area contributed by atoms with Gasteiger partial charge in [-0.2, -0.15) is 0 Å². The number of rotatable bonds is 6. The van der Waals surface area contributed by atoms with E-state index in [0.29, 0.717) is 32.6 Å². The van der Waals surface area contributed by atoms with Crippen LogP contribution in [0.15, 0.2) is 23.1 Å². The molecule has 1 aromatic heterocycles. The third-order valence-corrected chi connectivity index (χ3v) is 3.64. The molecule has 0 saturated carbocycles. The average Bonchev–Trinajstić information content (AvgIpc) is 2.37. The molecule has 2 rings (SSSR count). The second-order valence-corrected chi connectivity index (χ2v) is 5.05. The Balaban J connectivity index is 1.94. The van der Waals surface area contributed by atoms with E-state index < -0.39 is 12.3 Å². The van der Waals surface area contributed by atoms with Gasteiger partial charge in [-0.3, -0.25) is 9.59 Å². The molecule has 1 aliphatic heterocycles. The fraction of sp³-hybridized carbons (Fsp3) is 0.571. The predicted molar refractivity (Wildman–Crippen MR) is 71.3 cm³/mol. The summed E-state index contributed by atoms with van der Waals surface area (Å²) in [7, 11) is 0. The highest BCUT2D eigenvalue weighted by Crippen LogP contribution is 2.21. The Hall–Kier alpha value is -1.56. The van der Waals surface area contributed by atoms with Crippen LogP contribution in [0.5, 0.6) is 0 Å². The summed E-state index contributed by atoms with van der Waals surface area (Å²) >= 11 is 0. The van der Waals surface area contributed by atoms with Crippen LogP contribution in [0.25, 0.3) is 0 Å². The van der Waals surface area contributed by atoms with Gasteiger partial charge in [-0.15, -0.1) is 0 Å². The summed E-state index contributed by atoms with van der Waals surface area (Å²) in [5, 5.41) is 0. The van der Waals surface area contributed by atoms with Gasteiger partial charge in [0.05, 0.1) is 5.56 Å². The van der Waals surface area contributed by atoms with Crippen LogP contribution in [-0.2, 0) is 6.54 Å². The van der Waals surface area contributed by atoms with E-state index in [1.54, 1.807) is 19.2 Å². The highest BCUT2D eigenvalue weighted by molar-refractivity contribution is 5.95. The topological polar surface area (TPSA) is 42.3 Å². The largest absolute Gasteiger partial charge is 0.314 e. The van der Waals surface area contributed by atoms with E-state index >= 15 is 0 Å². The molecule has 6 heteroatoms. The molecular weight excluding hydrogens is 266 g/mol. The molecule has 0 aromatic carbocycles. The van der Waals surface area contributed by atoms with E-state index in [4.69, 9.17) is 0 Å². The summed E-state index contributed by atoms with van der Waals surface area (Å²) in [5.74, 6) is -0.717. The van der Waals surface area contributed by atoms with Crippen LogP contribution in [0, 0.1) is 5.92 Å². The molecule has 0 atom stereocenters. The smallest absolute Gasteiger partial charge is 0.261 e. The zero-order valence-electron chi connectivity index (χ0n) is 11.4. The Labute approximate surface area is 116 Å². The Kier molecular flexibility index (Phi) is 4.65. The minimum absolute atomic E-state index is 0.175. The van der Waals surface area contributed by atoms with Gasteiger partial charge in [-0.05, 0) is 12.1 Å². The molecule has 0 amide bonds. The van der Waals surface area contributed by atoms with Gasteiger partial charge in [0.15, 0.2) is 5.78 Å². The number of hydrogen-bond donors (Lipinski definition) is 0. The highest BCUT2D eigenvalue weighted by Gasteiger charge is 2.33. The Morgan fingerprint density at radius 1 is 1.40 bits per heavy atom. The number of nitrogens with zero attached hydrogens (tertiary/aromatic N) is 2. The lowest BCUT2D eigenvalue weighted by molar-refractivity contribution is -0.0252. The number of carbonyl (C=O) groups excluding carboxylic acids is 1. The normalized spacial score (nSPS) is 16.4. The second-order valence-electron chi connectivity index (χ2n) is 5.05. The molecule has 110 valence electrons. The van der Waals surface area contributed by atoms with Crippen molar-refractivity contribution >= 4 is 5.78 Å². The zero-order valence-corrected chi connectivity index (χ0v) is 11.4. The number of aromatic nitrogens is 1.